The van der Waals surface area contributed by atoms with Crippen LogP contribution in [0.1, 0.15) is 12.8 Å². The lowest BCUT2D eigenvalue weighted by Gasteiger charge is -2.27. The second-order valence-corrected chi connectivity index (χ2v) is 4.69. The Morgan fingerprint density at radius 2 is 1.25 bits per heavy atom. The van der Waals surface area contributed by atoms with E-state index in [0.29, 0.717) is 10.0 Å². The van der Waals surface area contributed by atoms with E-state index in [4.69, 9.17) is 23.2 Å². The average Bonchev–Trinajstić information content (AvgIpc) is 2.28. The maximum Gasteiger partial charge on any atom is 0.0640 e. The van der Waals surface area contributed by atoms with E-state index in [2.05, 4.69) is 22.8 Å². The summed E-state index contributed by atoms with van der Waals surface area (Å²) in [4.78, 5) is 0. The summed E-state index contributed by atoms with van der Waals surface area (Å²) < 4.78 is 0. The second kappa shape index (κ2) is 3.72. The van der Waals surface area contributed by atoms with Gasteiger partial charge in [0.15, 0.2) is 0 Å². The summed E-state index contributed by atoms with van der Waals surface area (Å²) in [6.07, 6.45) is 6.52. The maximum absolute atomic E-state index is 5.99. The Hall–Kier alpha value is -1.12. The standard InChI is InChI=1S/C12H10Cl2N2/c13-7-5-11-12(6-8(7)14)16-10-4-2-1-3-9(10)15-11/h3-6,15-16H,1-2H2. The molecule has 4 heteroatoms. The highest BCUT2D eigenvalue weighted by Gasteiger charge is 2.19. The minimum atomic E-state index is 0.568. The smallest absolute Gasteiger partial charge is 0.0640 e. The van der Waals surface area contributed by atoms with Crippen molar-refractivity contribution in [2.75, 3.05) is 10.6 Å². The van der Waals surface area contributed by atoms with Crippen molar-refractivity contribution in [1.82, 2.24) is 0 Å². The van der Waals surface area contributed by atoms with Gasteiger partial charge < -0.3 is 10.6 Å². The average molecular weight is 253 g/mol. The summed E-state index contributed by atoms with van der Waals surface area (Å²) in [6.45, 7) is 0. The van der Waals surface area contributed by atoms with Gasteiger partial charge >= 0.3 is 0 Å². The summed E-state index contributed by atoms with van der Waals surface area (Å²) in [7, 11) is 0. The molecular formula is C12H10Cl2N2. The predicted octanol–water partition coefficient (Wildman–Crippen LogP) is 4.39. The maximum atomic E-state index is 5.99. The molecule has 0 unspecified atom stereocenters. The Kier molecular flexibility index (Phi) is 2.34. The van der Waals surface area contributed by atoms with Crippen LogP contribution in [-0.4, -0.2) is 0 Å². The molecule has 0 radical (unpaired) electrons. The zero-order valence-electron chi connectivity index (χ0n) is 8.48. The fourth-order valence-electron chi connectivity index (χ4n) is 1.96. The molecule has 16 heavy (non-hydrogen) atoms. The van der Waals surface area contributed by atoms with Crippen LogP contribution in [0.25, 0.3) is 0 Å². The fourth-order valence-corrected chi connectivity index (χ4v) is 2.28. The third kappa shape index (κ3) is 1.58. The SMILES string of the molecule is Clc1cc2c(cc1Cl)NC1=CCCC=C1N2. The van der Waals surface area contributed by atoms with Crippen molar-refractivity contribution in [2.45, 2.75) is 12.8 Å². The number of hydrogen-bond donors (Lipinski definition) is 2. The predicted molar refractivity (Wildman–Crippen MR) is 69.1 cm³/mol. The summed E-state index contributed by atoms with van der Waals surface area (Å²) in [6, 6.07) is 3.69. The van der Waals surface area contributed by atoms with Crippen LogP contribution < -0.4 is 10.6 Å². The molecule has 0 aromatic heterocycles. The monoisotopic (exact) mass is 252 g/mol. The minimum Gasteiger partial charge on any atom is -0.352 e. The molecule has 0 saturated carbocycles. The molecule has 2 nitrogen and oxygen atoms in total. The van der Waals surface area contributed by atoms with Crippen molar-refractivity contribution < 1.29 is 0 Å². The van der Waals surface area contributed by atoms with Gasteiger partial charge in [0.05, 0.1) is 32.8 Å². The van der Waals surface area contributed by atoms with E-state index in [0.717, 1.165) is 35.6 Å². The molecule has 0 bridgehead atoms. The molecule has 0 fully saturated rings. The van der Waals surface area contributed by atoms with E-state index in [1.165, 1.54) is 0 Å². The van der Waals surface area contributed by atoms with Crippen LogP contribution in [0, 0.1) is 0 Å². The van der Waals surface area contributed by atoms with Crippen LogP contribution >= 0.6 is 23.2 Å². The molecular weight excluding hydrogens is 243 g/mol. The van der Waals surface area contributed by atoms with Gasteiger partial charge in [-0.2, -0.15) is 0 Å². The van der Waals surface area contributed by atoms with Crippen LogP contribution in [0.2, 0.25) is 10.0 Å². The molecule has 0 atom stereocenters. The molecule has 1 aromatic rings. The topological polar surface area (TPSA) is 24.1 Å². The number of rotatable bonds is 0. The van der Waals surface area contributed by atoms with Gasteiger partial charge in [-0.1, -0.05) is 35.4 Å². The number of fused-ring (bicyclic) bond motifs is 2. The fraction of sp³-hybridized carbons (Fsp3) is 0.167. The van der Waals surface area contributed by atoms with Crippen molar-refractivity contribution in [1.29, 1.82) is 0 Å². The number of nitrogens with one attached hydrogen (secondary N) is 2. The van der Waals surface area contributed by atoms with Gasteiger partial charge in [-0.3, -0.25) is 0 Å². The Bertz CT molecular complexity index is 471. The van der Waals surface area contributed by atoms with Gasteiger partial charge in [0.25, 0.3) is 0 Å². The van der Waals surface area contributed by atoms with Crippen LogP contribution in [0.5, 0.6) is 0 Å². The number of hydrogen-bond acceptors (Lipinski definition) is 2. The Morgan fingerprint density at radius 3 is 1.69 bits per heavy atom. The second-order valence-electron chi connectivity index (χ2n) is 3.87. The molecule has 82 valence electrons. The number of allylic oxidation sites excluding steroid dienone is 2. The highest BCUT2D eigenvalue weighted by atomic mass is 35.5. The Balaban J connectivity index is 2.09. The Morgan fingerprint density at radius 1 is 0.812 bits per heavy atom. The van der Waals surface area contributed by atoms with E-state index < -0.39 is 0 Å². The number of benzene rings is 1. The summed E-state index contributed by atoms with van der Waals surface area (Å²) in [5, 5.41) is 7.84. The van der Waals surface area contributed by atoms with Crippen LogP contribution in [0.15, 0.2) is 35.7 Å². The van der Waals surface area contributed by atoms with Crippen molar-refractivity contribution >= 4 is 34.6 Å². The van der Waals surface area contributed by atoms with Crippen LogP contribution in [0.3, 0.4) is 0 Å². The molecule has 2 aliphatic rings. The molecule has 2 N–H and O–H groups in total. The molecule has 0 amide bonds. The van der Waals surface area contributed by atoms with Gasteiger partial charge in [-0.25, -0.2) is 0 Å². The molecule has 3 rings (SSSR count). The summed E-state index contributed by atoms with van der Waals surface area (Å²) in [5.74, 6) is 0. The van der Waals surface area contributed by atoms with Crippen LogP contribution in [0.4, 0.5) is 11.4 Å². The zero-order valence-corrected chi connectivity index (χ0v) is 9.99. The summed E-state index contributed by atoms with van der Waals surface area (Å²) in [5.41, 5.74) is 4.19. The Labute approximate surface area is 104 Å². The van der Waals surface area contributed by atoms with Crippen molar-refractivity contribution in [3.63, 3.8) is 0 Å². The lowest BCUT2D eigenvalue weighted by Crippen LogP contribution is -2.18. The lowest BCUT2D eigenvalue weighted by atomic mass is 10.1. The highest BCUT2D eigenvalue weighted by molar-refractivity contribution is 6.42. The first-order valence-corrected chi connectivity index (χ1v) is 5.93. The summed E-state index contributed by atoms with van der Waals surface area (Å²) >= 11 is 12.0. The van der Waals surface area contributed by atoms with Crippen molar-refractivity contribution in [3.8, 4) is 0 Å². The number of halogens is 2. The highest BCUT2D eigenvalue weighted by Crippen LogP contribution is 2.38. The normalized spacial score (nSPS) is 17.4. The van der Waals surface area contributed by atoms with E-state index in [1.54, 1.807) is 0 Å². The first-order valence-electron chi connectivity index (χ1n) is 5.18. The molecule has 1 heterocycles. The van der Waals surface area contributed by atoms with E-state index in [9.17, 15) is 0 Å². The molecule has 0 saturated heterocycles. The third-order valence-corrected chi connectivity index (χ3v) is 3.48. The van der Waals surface area contributed by atoms with Crippen molar-refractivity contribution in [2.24, 2.45) is 0 Å². The molecule has 1 aliphatic carbocycles. The van der Waals surface area contributed by atoms with E-state index in [-0.39, 0.29) is 0 Å². The van der Waals surface area contributed by atoms with E-state index in [1.807, 2.05) is 12.1 Å². The first kappa shape index (κ1) is 10.1. The minimum absolute atomic E-state index is 0.568. The van der Waals surface area contributed by atoms with Gasteiger partial charge in [0.1, 0.15) is 0 Å². The van der Waals surface area contributed by atoms with Crippen LogP contribution in [-0.2, 0) is 0 Å². The van der Waals surface area contributed by atoms with Gasteiger partial charge in [0.2, 0.25) is 0 Å². The molecule has 0 spiro atoms. The van der Waals surface area contributed by atoms with Gasteiger partial charge in [-0.05, 0) is 25.0 Å². The quantitative estimate of drug-likeness (QED) is 0.716. The largest absolute Gasteiger partial charge is 0.352 e. The van der Waals surface area contributed by atoms with E-state index >= 15 is 0 Å². The van der Waals surface area contributed by atoms with Gasteiger partial charge in [0, 0.05) is 0 Å². The first-order chi connectivity index (χ1) is 7.74. The molecule has 1 aromatic carbocycles. The third-order valence-electron chi connectivity index (χ3n) is 2.75. The van der Waals surface area contributed by atoms with Crippen molar-refractivity contribution in [3.05, 3.63) is 45.7 Å². The lowest BCUT2D eigenvalue weighted by molar-refractivity contribution is 0.989. The van der Waals surface area contributed by atoms with Gasteiger partial charge in [-0.15, -0.1) is 0 Å². The zero-order chi connectivity index (χ0) is 11.1. The number of anilines is 2. The molecule has 1 aliphatic heterocycles.